The number of nitrogens with zero attached hydrogens (tertiary/aromatic N) is 4. The molecule has 0 amide bonds. The van der Waals surface area contributed by atoms with Gasteiger partial charge in [-0.15, -0.1) is 0 Å². The summed E-state index contributed by atoms with van der Waals surface area (Å²) in [5.74, 6) is 1.02. The molecule has 0 saturated carbocycles. The molecule has 0 aromatic carbocycles. The van der Waals surface area contributed by atoms with Gasteiger partial charge in [0, 0.05) is 27.2 Å². The molecule has 1 N–H and O–H groups in total. The number of nitrogens with one attached hydrogen (secondary N) is 1. The summed E-state index contributed by atoms with van der Waals surface area (Å²) < 4.78 is 4.44. The Kier molecular flexibility index (Phi) is 4.20. The van der Waals surface area contributed by atoms with Gasteiger partial charge in [0.15, 0.2) is 11.2 Å². The summed E-state index contributed by atoms with van der Waals surface area (Å²) in [7, 11) is 3.14. The Labute approximate surface area is 123 Å². The van der Waals surface area contributed by atoms with E-state index in [0.29, 0.717) is 29.6 Å². The summed E-state index contributed by atoms with van der Waals surface area (Å²) in [6.07, 6.45) is 0.960. The van der Waals surface area contributed by atoms with Gasteiger partial charge < -0.3 is 9.88 Å². The third kappa shape index (κ3) is 2.59. The molecule has 0 bridgehead atoms. The molecular weight excluding hydrogens is 270 g/mol. The number of aromatic nitrogens is 4. The topological polar surface area (TPSA) is 73.8 Å². The number of rotatable bonds is 5. The molecule has 7 heteroatoms. The predicted octanol–water partition coefficient (Wildman–Crippen LogP) is 0.912. The zero-order chi connectivity index (χ0) is 15.7. The van der Waals surface area contributed by atoms with E-state index in [1.165, 1.54) is 11.6 Å². The molecule has 0 aliphatic carbocycles. The van der Waals surface area contributed by atoms with E-state index in [0.717, 1.165) is 17.5 Å². The molecule has 2 aromatic rings. The smallest absolute Gasteiger partial charge is 0.332 e. The van der Waals surface area contributed by atoms with Crippen molar-refractivity contribution < 1.29 is 0 Å². The molecule has 116 valence electrons. The van der Waals surface area contributed by atoms with Crippen molar-refractivity contribution in [1.29, 1.82) is 0 Å². The van der Waals surface area contributed by atoms with Crippen LogP contribution in [0.2, 0.25) is 0 Å². The highest BCUT2D eigenvalue weighted by Crippen LogP contribution is 2.17. The van der Waals surface area contributed by atoms with Crippen LogP contribution in [0.5, 0.6) is 0 Å². The van der Waals surface area contributed by atoms with E-state index in [1.807, 2.05) is 4.57 Å². The normalized spacial score (nSPS) is 11.5. The van der Waals surface area contributed by atoms with Crippen LogP contribution in [0.4, 0.5) is 5.95 Å². The van der Waals surface area contributed by atoms with Gasteiger partial charge in [-0.2, -0.15) is 4.98 Å². The molecule has 0 atom stereocenters. The van der Waals surface area contributed by atoms with Crippen LogP contribution in [0.15, 0.2) is 9.59 Å². The maximum atomic E-state index is 12.5. The maximum Gasteiger partial charge on any atom is 0.332 e. The van der Waals surface area contributed by atoms with Crippen LogP contribution in [-0.2, 0) is 20.6 Å². The minimum Gasteiger partial charge on any atom is -0.356 e. The zero-order valence-electron chi connectivity index (χ0n) is 13.3. The average molecular weight is 293 g/mol. The van der Waals surface area contributed by atoms with Crippen molar-refractivity contribution >= 4 is 17.1 Å². The Morgan fingerprint density at radius 3 is 2.43 bits per heavy atom. The van der Waals surface area contributed by atoms with E-state index in [-0.39, 0.29) is 11.2 Å². The summed E-state index contributed by atoms with van der Waals surface area (Å²) in [5, 5.41) is 3.24. The minimum absolute atomic E-state index is 0.300. The lowest BCUT2D eigenvalue weighted by Crippen LogP contribution is -2.37. The molecule has 0 saturated heterocycles. The summed E-state index contributed by atoms with van der Waals surface area (Å²) >= 11 is 0. The first-order valence-corrected chi connectivity index (χ1v) is 7.28. The van der Waals surface area contributed by atoms with E-state index >= 15 is 0 Å². The van der Waals surface area contributed by atoms with Gasteiger partial charge >= 0.3 is 5.69 Å². The second-order valence-electron chi connectivity index (χ2n) is 5.74. The fraction of sp³-hybridized carbons (Fsp3) is 0.643. The van der Waals surface area contributed by atoms with Crippen LogP contribution in [0.1, 0.15) is 27.2 Å². The first kappa shape index (κ1) is 15.3. The van der Waals surface area contributed by atoms with E-state index in [9.17, 15) is 9.59 Å². The lowest BCUT2D eigenvalue weighted by molar-refractivity contribution is 0.533. The van der Waals surface area contributed by atoms with Gasteiger partial charge in [0.1, 0.15) is 0 Å². The Morgan fingerprint density at radius 1 is 1.19 bits per heavy atom. The molecule has 0 aliphatic rings. The summed E-state index contributed by atoms with van der Waals surface area (Å²) in [4.78, 5) is 28.9. The quantitative estimate of drug-likeness (QED) is 0.889. The fourth-order valence-electron chi connectivity index (χ4n) is 2.36. The summed E-state index contributed by atoms with van der Waals surface area (Å²) in [5.41, 5.74) is 0.254. The molecule has 0 unspecified atom stereocenters. The summed E-state index contributed by atoms with van der Waals surface area (Å²) in [6.45, 7) is 7.69. The van der Waals surface area contributed by atoms with Gasteiger partial charge in [-0.1, -0.05) is 20.8 Å². The molecule has 2 rings (SSSR count). The van der Waals surface area contributed by atoms with Crippen LogP contribution in [0, 0.1) is 5.92 Å². The van der Waals surface area contributed by atoms with Crippen LogP contribution in [-0.4, -0.2) is 25.2 Å². The van der Waals surface area contributed by atoms with Gasteiger partial charge in [0.05, 0.1) is 0 Å². The number of hydrogen-bond acceptors (Lipinski definition) is 4. The first-order chi connectivity index (χ1) is 9.88. The van der Waals surface area contributed by atoms with E-state index < -0.39 is 0 Å². The number of imidazole rings is 1. The van der Waals surface area contributed by atoms with Crippen molar-refractivity contribution in [2.24, 2.45) is 20.0 Å². The highest BCUT2D eigenvalue weighted by Gasteiger charge is 2.19. The third-order valence-electron chi connectivity index (χ3n) is 3.43. The van der Waals surface area contributed by atoms with Crippen molar-refractivity contribution in [3.8, 4) is 0 Å². The molecular formula is C14H23N5O2. The molecule has 7 nitrogen and oxygen atoms in total. The van der Waals surface area contributed by atoms with Crippen molar-refractivity contribution in [2.75, 3.05) is 11.9 Å². The van der Waals surface area contributed by atoms with Gasteiger partial charge in [0.2, 0.25) is 5.95 Å². The Balaban J connectivity index is 2.80. The Morgan fingerprint density at radius 2 is 1.86 bits per heavy atom. The van der Waals surface area contributed by atoms with Gasteiger partial charge in [-0.3, -0.25) is 13.9 Å². The van der Waals surface area contributed by atoms with Crippen molar-refractivity contribution in [2.45, 2.75) is 33.7 Å². The SMILES string of the molecule is CCCNc1nc2c(c(=O)n(C)c(=O)n2C)n1CC(C)C. The zero-order valence-corrected chi connectivity index (χ0v) is 13.3. The third-order valence-corrected chi connectivity index (χ3v) is 3.43. The first-order valence-electron chi connectivity index (χ1n) is 7.28. The van der Waals surface area contributed by atoms with E-state index in [4.69, 9.17) is 0 Å². The molecule has 0 spiro atoms. The molecule has 0 aliphatic heterocycles. The molecule has 0 fully saturated rings. The number of anilines is 1. The largest absolute Gasteiger partial charge is 0.356 e. The lowest BCUT2D eigenvalue weighted by Gasteiger charge is -2.12. The second-order valence-corrected chi connectivity index (χ2v) is 5.74. The maximum absolute atomic E-state index is 12.5. The number of hydrogen-bond donors (Lipinski definition) is 1. The average Bonchev–Trinajstić information content (AvgIpc) is 2.78. The van der Waals surface area contributed by atoms with Crippen LogP contribution in [0.3, 0.4) is 0 Å². The Bertz CT molecular complexity index is 766. The predicted molar refractivity (Wildman–Crippen MR) is 83.8 cm³/mol. The molecule has 0 radical (unpaired) electrons. The summed E-state index contributed by atoms with van der Waals surface area (Å²) in [6, 6.07) is 0. The van der Waals surface area contributed by atoms with Gasteiger partial charge in [-0.05, 0) is 12.3 Å². The minimum atomic E-state index is -0.358. The van der Waals surface area contributed by atoms with Crippen molar-refractivity contribution in [3.05, 3.63) is 20.8 Å². The van der Waals surface area contributed by atoms with Crippen LogP contribution in [0.25, 0.3) is 11.2 Å². The van der Waals surface area contributed by atoms with Gasteiger partial charge in [-0.25, -0.2) is 4.79 Å². The van der Waals surface area contributed by atoms with Crippen molar-refractivity contribution in [1.82, 2.24) is 18.7 Å². The molecule has 2 aromatic heterocycles. The van der Waals surface area contributed by atoms with Crippen molar-refractivity contribution in [3.63, 3.8) is 0 Å². The van der Waals surface area contributed by atoms with E-state index in [1.54, 1.807) is 7.05 Å². The second kappa shape index (κ2) is 5.75. The number of fused-ring (bicyclic) bond motifs is 1. The lowest BCUT2D eigenvalue weighted by atomic mass is 10.2. The van der Waals surface area contributed by atoms with E-state index in [2.05, 4.69) is 31.1 Å². The highest BCUT2D eigenvalue weighted by atomic mass is 16.2. The monoisotopic (exact) mass is 293 g/mol. The fourth-order valence-corrected chi connectivity index (χ4v) is 2.36. The Hall–Kier alpha value is -2.05. The highest BCUT2D eigenvalue weighted by molar-refractivity contribution is 5.74. The van der Waals surface area contributed by atoms with Gasteiger partial charge in [0.25, 0.3) is 5.56 Å². The number of aryl methyl sites for hydroxylation is 1. The van der Waals surface area contributed by atoms with Crippen LogP contribution < -0.4 is 16.6 Å². The molecule has 21 heavy (non-hydrogen) atoms. The standard InChI is InChI=1S/C14H23N5O2/c1-6-7-15-13-16-11-10(19(13)8-9(2)3)12(20)18(5)14(21)17(11)4/h9H,6-8H2,1-5H3,(H,15,16). The van der Waals surface area contributed by atoms with Crippen LogP contribution >= 0.6 is 0 Å². The molecule has 2 heterocycles.